The van der Waals surface area contributed by atoms with Crippen LogP contribution in [0.4, 0.5) is 5.69 Å². The van der Waals surface area contributed by atoms with Gasteiger partial charge >= 0.3 is 0 Å². The molecule has 0 unspecified atom stereocenters. The number of ether oxygens (including phenoxy) is 1. The largest absolute Gasteiger partial charge is 0.496 e. The van der Waals surface area contributed by atoms with E-state index in [4.69, 9.17) is 22.7 Å². The third-order valence-corrected chi connectivity index (χ3v) is 3.40. The van der Waals surface area contributed by atoms with Crippen LogP contribution in [-0.4, -0.2) is 19.1 Å². The van der Waals surface area contributed by atoms with Gasteiger partial charge in [-0.3, -0.25) is 0 Å². The van der Waals surface area contributed by atoms with Crippen molar-refractivity contribution in [3.8, 4) is 5.75 Å². The first-order chi connectivity index (χ1) is 9.63. The predicted molar refractivity (Wildman–Crippen MR) is 87.4 cm³/mol. The molecule has 0 aliphatic rings. The second kappa shape index (κ2) is 6.39. The first-order valence-electron chi connectivity index (χ1n) is 6.35. The molecule has 0 saturated heterocycles. The lowest BCUT2D eigenvalue weighted by Crippen LogP contribution is -2.21. The Hall–Kier alpha value is -2.07. The van der Waals surface area contributed by atoms with E-state index in [2.05, 4.69) is 11.0 Å². The minimum atomic E-state index is 0.410. The van der Waals surface area contributed by atoms with Gasteiger partial charge in [0, 0.05) is 30.4 Å². The summed E-state index contributed by atoms with van der Waals surface area (Å²) in [5, 5.41) is 0. The number of hydrogen-bond acceptors (Lipinski definition) is 3. The quantitative estimate of drug-likeness (QED) is 0.858. The van der Waals surface area contributed by atoms with E-state index in [0.29, 0.717) is 4.99 Å². The number of nitrogens with two attached hydrogens (primary N) is 1. The summed E-state index contributed by atoms with van der Waals surface area (Å²) in [6.07, 6.45) is 0. The molecule has 0 atom stereocenters. The number of anilines is 1. The van der Waals surface area contributed by atoms with Gasteiger partial charge in [0.05, 0.1) is 7.11 Å². The molecular formula is C16H18N2OS. The summed E-state index contributed by atoms with van der Waals surface area (Å²) < 4.78 is 5.38. The number of benzene rings is 2. The number of para-hydroxylation sites is 2. The molecule has 20 heavy (non-hydrogen) atoms. The van der Waals surface area contributed by atoms with Crippen LogP contribution < -0.4 is 15.4 Å². The van der Waals surface area contributed by atoms with E-state index in [1.165, 1.54) is 0 Å². The standard InChI is InChI=1S/C16H18N2OS/c1-18(11-12-7-3-6-10-15(12)19-2)14-9-5-4-8-13(14)16(17)20/h3-10H,11H2,1-2H3,(H2,17,20). The average molecular weight is 286 g/mol. The Morgan fingerprint density at radius 1 is 1.15 bits per heavy atom. The van der Waals surface area contributed by atoms with Crippen LogP contribution in [-0.2, 0) is 6.54 Å². The molecule has 0 saturated carbocycles. The van der Waals surface area contributed by atoms with Gasteiger partial charge in [-0.15, -0.1) is 0 Å². The zero-order chi connectivity index (χ0) is 14.5. The molecule has 0 bridgehead atoms. The van der Waals surface area contributed by atoms with Crippen molar-refractivity contribution in [1.29, 1.82) is 0 Å². The summed E-state index contributed by atoms with van der Waals surface area (Å²) in [5.74, 6) is 0.882. The van der Waals surface area contributed by atoms with Crippen molar-refractivity contribution in [2.45, 2.75) is 6.54 Å². The summed E-state index contributed by atoms with van der Waals surface area (Å²) in [7, 11) is 3.70. The molecule has 2 rings (SSSR count). The fraction of sp³-hybridized carbons (Fsp3) is 0.188. The maximum Gasteiger partial charge on any atom is 0.123 e. The van der Waals surface area contributed by atoms with E-state index in [9.17, 15) is 0 Å². The van der Waals surface area contributed by atoms with Crippen LogP contribution in [0.3, 0.4) is 0 Å². The van der Waals surface area contributed by atoms with Crippen molar-refractivity contribution in [1.82, 2.24) is 0 Å². The monoisotopic (exact) mass is 286 g/mol. The summed E-state index contributed by atoms with van der Waals surface area (Å²) >= 11 is 5.11. The van der Waals surface area contributed by atoms with Gasteiger partial charge in [0.25, 0.3) is 0 Å². The molecule has 0 aliphatic heterocycles. The molecular weight excluding hydrogens is 268 g/mol. The third-order valence-electron chi connectivity index (χ3n) is 3.18. The third kappa shape index (κ3) is 3.08. The lowest BCUT2D eigenvalue weighted by Gasteiger charge is -2.23. The van der Waals surface area contributed by atoms with Crippen LogP contribution in [0.15, 0.2) is 48.5 Å². The van der Waals surface area contributed by atoms with Gasteiger partial charge in [-0.05, 0) is 18.2 Å². The average Bonchev–Trinajstić information content (AvgIpc) is 2.47. The minimum Gasteiger partial charge on any atom is -0.496 e. The summed E-state index contributed by atoms with van der Waals surface area (Å²) in [5.41, 5.74) is 8.81. The number of nitrogens with zero attached hydrogens (tertiary/aromatic N) is 1. The molecule has 0 spiro atoms. The summed E-state index contributed by atoms with van der Waals surface area (Å²) in [4.78, 5) is 2.53. The van der Waals surface area contributed by atoms with Gasteiger partial charge < -0.3 is 15.4 Å². The van der Waals surface area contributed by atoms with E-state index in [-0.39, 0.29) is 0 Å². The Kier molecular flexibility index (Phi) is 4.58. The van der Waals surface area contributed by atoms with Crippen molar-refractivity contribution in [3.05, 3.63) is 59.7 Å². The zero-order valence-corrected chi connectivity index (χ0v) is 12.5. The lowest BCUT2D eigenvalue weighted by atomic mass is 10.1. The lowest BCUT2D eigenvalue weighted by molar-refractivity contribution is 0.409. The van der Waals surface area contributed by atoms with E-state index in [1.807, 2.05) is 49.5 Å². The van der Waals surface area contributed by atoms with Gasteiger partial charge in [0.15, 0.2) is 0 Å². The SMILES string of the molecule is COc1ccccc1CN(C)c1ccccc1C(N)=S. The first-order valence-corrected chi connectivity index (χ1v) is 6.76. The van der Waals surface area contributed by atoms with E-state index < -0.39 is 0 Å². The van der Waals surface area contributed by atoms with Crippen molar-refractivity contribution in [3.63, 3.8) is 0 Å². The summed E-state index contributed by atoms with van der Waals surface area (Å²) in [6, 6.07) is 15.9. The second-order valence-electron chi connectivity index (χ2n) is 4.55. The highest BCUT2D eigenvalue weighted by molar-refractivity contribution is 7.80. The van der Waals surface area contributed by atoms with Crippen LogP contribution in [0.2, 0.25) is 0 Å². The number of thiocarbonyl (C=S) groups is 1. The highest BCUT2D eigenvalue weighted by atomic mass is 32.1. The van der Waals surface area contributed by atoms with E-state index in [0.717, 1.165) is 29.1 Å². The van der Waals surface area contributed by atoms with Gasteiger partial charge in [-0.2, -0.15) is 0 Å². The van der Waals surface area contributed by atoms with Crippen LogP contribution in [0.25, 0.3) is 0 Å². The molecule has 2 aromatic carbocycles. The van der Waals surface area contributed by atoms with Crippen LogP contribution in [0, 0.1) is 0 Å². The highest BCUT2D eigenvalue weighted by Gasteiger charge is 2.11. The molecule has 2 aromatic rings. The molecule has 0 aromatic heterocycles. The van der Waals surface area contributed by atoms with Gasteiger partial charge in [-0.1, -0.05) is 42.5 Å². The van der Waals surface area contributed by atoms with Crippen molar-refractivity contribution >= 4 is 22.9 Å². The number of methoxy groups -OCH3 is 1. The van der Waals surface area contributed by atoms with Crippen molar-refractivity contribution < 1.29 is 4.74 Å². The molecule has 0 heterocycles. The molecule has 0 aliphatic carbocycles. The Bertz CT molecular complexity index is 613. The molecule has 4 heteroatoms. The fourth-order valence-corrected chi connectivity index (χ4v) is 2.36. The zero-order valence-electron chi connectivity index (χ0n) is 11.7. The normalized spacial score (nSPS) is 10.1. The van der Waals surface area contributed by atoms with E-state index >= 15 is 0 Å². The molecule has 3 nitrogen and oxygen atoms in total. The van der Waals surface area contributed by atoms with Crippen LogP contribution in [0.5, 0.6) is 5.75 Å². The molecule has 0 radical (unpaired) electrons. The maximum atomic E-state index is 5.78. The minimum absolute atomic E-state index is 0.410. The second-order valence-corrected chi connectivity index (χ2v) is 4.99. The van der Waals surface area contributed by atoms with Crippen molar-refractivity contribution in [2.24, 2.45) is 5.73 Å². The number of rotatable bonds is 5. The topological polar surface area (TPSA) is 38.5 Å². The highest BCUT2D eigenvalue weighted by Crippen LogP contribution is 2.24. The molecule has 0 amide bonds. The van der Waals surface area contributed by atoms with E-state index in [1.54, 1.807) is 7.11 Å². The smallest absolute Gasteiger partial charge is 0.123 e. The van der Waals surface area contributed by atoms with Gasteiger partial charge in [-0.25, -0.2) is 0 Å². The maximum absolute atomic E-state index is 5.78. The summed E-state index contributed by atoms with van der Waals surface area (Å²) in [6.45, 7) is 0.726. The van der Waals surface area contributed by atoms with Gasteiger partial charge in [0.2, 0.25) is 0 Å². The Morgan fingerprint density at radius 2 is 1.80 bits per heavy atom. The van der Waals surface area contributed by atoms with Gasteiger partial charge in [0.1, 0.15) is 10.7 Å². The Morgan fingerprint density at radius 3 is 2.50 bits per heavy atom. The van der Waals surface area contributed by atoms with Crippen LogP contribution >= 0.6 is 12.2 Å². The molecule has 2 N–H and O–H groups in total. The fourth-order valence-electron chi connectivity index (χ4n) is 2.19. The number of hydrogen-bond donors (Lipinski definition) is 1. The Labute approximate surface area is 125 Å². The van der Waals surface area contributed by atoms with Crippen molar-refractivity contribution in [2.75, 3.05) is 19.1 Å². The molecule has 0 fully saturated rings. The Balaban J connectivity index is 2.29. The van der Waals surface area contributed by atoms with Crippen LogP contribution in [0.1, 0.15) is 11.1 Å². The molecule has 104 valence electrons. The predicted octanol–water partition coefficient (Wildman–Crippen LogP) is 2.97. The first kappa shape index (κ1) is 14.3.